The summed E-state index contributed by atoms with van der Waals surface area (Å²) in [6, 6.07) is 9.24. The first-order valence-electron chi connectivity index (χ1n) is 9.55. The van der Waals surface area contributed by atoms with Crippen LogP contribution in [-0.2, 0) is 6.42 Å². The van der Waals surface area contributed by atoms with Crippen LogP contribution in [0.1, 0.15) is 40.3 Å². The molecule has 0 bridgehead atoms. The lowest BCUT2D eigenvalue weighted by Gasteiger charge is -2.13. The minimum Gasteiger partial charge on any atom is -0.455 e. The zero-order chi connectivity index (χ0) is 22.0. The maximum absolute atomic E-state index is 12.7. The molecule has 0 unspecified atom stereocenters. The normalized spacial score (nSPS) is 14.2. The van der Waals surface area contributed by atoms with Gasteiger partial charge in [0.1, 0.15) is 11.6 Å². The highest BCUT2D eigenvalue weighted by atomic mass is 35.5. The Hall–Kier alpha value is -3.72. The summed E-state index contributed by atoms with van der Waals surface area (Å²) in [6.45, 7) is 1.82. The van der Waals surface area contributed by atoms with Gasteiger partial charge in [0.2, 0.25) is 0 Å². The number of hydrogen-bond donors (Lipinski definition) is 2. The molecule has 4 rings (SSSR count). The molecule has 9 nitrogen and oxygen atoms in total. The molecule has 0 saturated carbocycles. The quantitative estimate of drug-likeness (QED) is 0.428. The number of nitrogens with one attached hydrogen (secondary N) is 2. The van der Waals surface area contributed by atoms with Crippen LogP contribution < -0.4 is 10.7 Å². The molecule has 2 N–H and O–H groups in total. The van der Waals surface area contributed by atoms with Crippen molar-refractivity contribution in [2.24, 2.45) is 5.10 Å². The summed E-state index contributed by atoms with van der Waals surface area (Å²) in [5.74, 6) is 0.898. The number of pyridine rings is 1. The van der Waals surface area contributed by atoms with Crippen LogP contribution >= 0.6 is 11.6 Å². The number of amides is 1. The van der Waals surface area contributed by atoms with Gasteiger partial charge in [0.25, 0.3) is 11.6 Å². The summed E-state index contributed by atoms with van der Waals surface area (Å²) in [5, 5.41) is 18.4. The van der Waals surface area contributed by atoms with Gasteiger partial charge in [-0.3, -0.25) is 20.3 Å². The third-order valence-corrected chi connectivity index (χ3v) is 5.12. The maximum Gasteiger partial charge on any atom is 0.292 e. The lowest BCUT2D eigenvalue weighted by atomic mass is 9.93. The molecule has 0 fully saturated rings. The van der Waals surface area contributed by atoms with Crippen molar-refractivity contribution < 1.29 is 14.1 Å². The predicted molar refractivity (Wildman–Crippen MR) is 117 cm³/mol. The van der Waals surface area contributed by atoms with E-state index in [2.05, 4.69) is 20.8 Å². The fourth-order valence-corrected chi connectivity index (χ4v) is 3.52. The topological polar surface area (TPSA) is 123 Å². The average Bonchev–Trinajstić information content (AvgIpc) is 3.11. The standard InChI is InChI=1S/C21H18ClN5O4/c1-12-19-16(26-25-14-6-8-15(9-7-14)27(29)30)3-2-4-17(19)31-20(12)21(28)24-18-10-5-13(22)11-23-18/h5-11,25H,2-4H2,1H3,(H,23,24,28)/b26-16+. The van der Waals surface area contributed by atoms with E-state index in [1.165, 1.54) is 18.3 Å². The minimum atomic E-state index is -0.454. The van der Waals surface area contributed by atoms with E-state index in [0.717, 1.165) is 17.7 Å². The van der Waals surface area contributed by atoms with Crippen LogP contribution in [0.5, 0.6) is 0 Å². The first-order valence-corrected chi connectivity index (χ1v) is 9.92. The van der Waals surface area contributed by atoms with E-state index in [4.69, 9.17) is 16.0 Å². The molecule has 31 heavy (non-hydrogen) atoms. The van der Waals surface area contributed by atoms with E-state index >= 15 is 0 Å². The van der Waals surface area contributed by atoms with Crippen LogP contribution in [0.25, 0.3) is 0 Å². The van der Waals surface area contributed by atoms with Crippen molar-refractivity contribution in [2.45, 2.75) is 26.2 Å². The molecule has 2 heterocycles. The highest BCUT2D eigenvalue weighted by molar-refractivity contribution is 6.30. The Kier molecular flexibility index (Phi) is 5.68. The largest absolute Gasteiger partial charge is 0.455 e. The number of hydrogen-bond acceptors (Lipinski definition) is 7. The Balaban J connectivity index is 1.56. The van der Waals surface area contributed by atoms with Gasteiger partial charge in [-0.25, -0.2) is 4.98 Å². The maximum atomic E-state index is 12.7. The van der Waals surface area contributed by atoms with E-state index in [1.54, 1.807) is 24.3 Å². The van der Waals surface area contributed by atoms with Gasteiger partial charge >= 0.3 is 0 Å². The summed E-state index contributed by atoms with van der Waals surface area (Å²) < 4.78 is 5.87. The van der Waals surface area contributed by atoms with Crippen LogP contribution in [-0.4, -0.2) is 21.5 Å². The number of nitrogens with zero attached hydrogens (tertiary/aromatic N) is 3. The first-order chi connectivity index (χ1) is 14.9. The Morgan fingerprint density at radius 3 is 2.68 bits per heavy atom. The Labute approximate surface area is 182 Å². The number of fused-ring (bicyclic) bond motifs is 1. The number of aryl methyl sites for hydroxylation is 1. The molecule has 1 aliphatic rings. The smallest absolute Gasteiger partial charge is 0.292 e. The molecule has 1 aliphatic carbocycles. The van der Waals surface area contributed by atoms with Gasteiger partial charge in [-0.15, -0.1) is 0 Å². The molecule has 158 valence electrons. The van der Waals surface area contributed by atoms with Gasteiger partial charge < -0.3 is 9.73 Å². The Morgan fingerprint density at radius 1 is 1.23 bits per heavy atom. The number of furan rings is 1. The molecule has 0 atom stereocenters. The van der Waals surface area contributed by atoms with Gasteiger partial charge in [0.15, 0.2) is 5.76 Å². The highest BCUT2D eigenvalue weighted by Crippen LogP contribution is 2.30. The van der Waals surface area contributed by atoms with Gasteiger partial charge in [-0.1, -0.05) is 11.6 Å². The van der Waals surface area contributed by atoms with E-state index in [-0.39, 0.29) is 11.4 Å². The van der Waals surface area contributed by atoms with Crippen LogP contribution in [0.15, 0.2) is 52.1 Å². The second-order valence-corrected chi connectivity index (χ2v) is 7.43. The zero-order valence-electron chi connectivity index (χ0n) is 16.5. The van der Waals surface area contributed by atoms with Gasteiger partial charge in [-0.2, -0.15) is 5.10 Å². The molecule has 2 aromatic heterocycles. The average molecular weight is 440 g/mol. The van der Waals surface area contributed by atoms with Gasteiger partial charge in [0.05, 0.1) is 21.3 Å². The highest BCUT2D eigenvalue weighted by Gasteiger charge is 2.28. The summed E-state index contributed by atoms with van der Waals surface area (Å²) in [4.78, 5) is 27.1. The SMILES string of the molecule is Cc1c(C(=O)Nc2ccc(Cl)cn2)oc2c1/C(=N/Nc1ccc([N+](=O)[O-])cc1)CCC2. The molecule has 3 aromatic rings. The number of benzene rings is 1. The monoisotopic (exact) mass is 439 g/mol. The summed E-state index contributed by atoms with van der Waals surface area (Å²) in [5.41, 5.74) is 5.85. The fraction of sp³-hybridized carbons (Fsp3) is 0.190. The number of halogens is 1. The number of carbonyl (C=O) groups excluding carboxylic acids is 1. The number of non-ortho nitro benzene ring substituents is 1. The third-order valence-electron chi connectivity index (χ3n) is 4.90. The van der Waals surface area contributed by atoms with E-state index in [9.17, 15) is 14.9 Å². The van der Waals surface area contributed by atoms with Crippen molar-refractivity contribution in [1.29, 1.82) is 0 Å². The van der Waals surface area contributed by atoms with Gasteiger partial charge in [0, 0.05) is 35.9 Å². The number of carbonyl (C=O) groups is 1. The van der Waals surface area contributed by atoms with Crippen LogP contribution in [0.3, 0.4) is 0 Å². The molecule has 0 radical (unpaired) electrons. The predicted octanol–water partition coefficient (Wildman–Crippen LogP) is 4.95. The van der Waals surface area contributed by atoms with E-state index < -0.39 is 10.8 Å². The lowest BCUT2D eigenvalue weighted by Crippen LogP contribution is -2.15. The summed E-state index contributed by atoms with van der Waals surface area (Å²) in [7, 11) is 0. The molecule has 0 aliphatic heterocycles. The number of hydrazone groups is 1. The molecule has 0 spiro atoms. The third kappa shape index (κ3) is 4.41. The van der Waals surface area contributed by atoms with E-state index in [1.807, 2.05) is 6.92 Å². The van der Waals surface area contributed by atoms with Crippen LogP contribution in [0.4, 0.5) is 17.2 Å². The molecular formula is C21H18ClN5O4. The van der Waals surface area contributed by atoms with Crippen molar-refractivity contribution in [2.75, 3.05) is 10.7 Å². The zero-order valence-corrected chi connectivity index (χ0v) is 17.3. The lowest BCUT2D eigenvalue weighted by molar-refractivity contribution is -0.384. The van der Waals surface area contributed by atoms with Crippen molar-refractivity contribution in [1.82, 2.24) is 4.98 Å². The van der Waals surface area contributed by atoms with Crippen molar-refractivity contribution in [3.05, 3.63) is 80.4 Å². The number of aromatic nitrogens is 1. The minimum absolute atomic E-state index is 0.00895. The number of anilines is 2. The summed E-state index contributed by atoms with van der Waals surface area (Å²) in [6.07, 6.45) is 3.71. The first kappa shape index (κ1) is 20.5. The van der Waals surface area contributed by atoms with Crippen molar-refractivity contribution in [3.8, 4) is 0 Å². The van der Waals surface area contributed by atoms with Crippen molar-refractivity contribution >= 4 is 40.4 Å². The molecule has 10 heteroatoms. The Bertz CT molecular complexity index is 1170. The second kappa shape index (κ2) is 8.57. The van der Waals surface area contributed by atoms with Crippen molar-refractivity contribution in [3.63, 3.8) is 0 Å². The molecule has 0 saturated heterocycles. The summed E-state index contributed by atoms with van der Waals surface area (Å²) >= 11 is 5.83. The van der Waals surface area contributed by atoms with Gasteiger partial charge in [-0.05, 0) is 44.0 Å². The molecule has 1 amide bonds. The molecular weight excluding hydrogens is 422 g/mol. The number of nitro groups is 1. The fourth-order valence-electron chi connectivity index (χ4n) is 3.41. The second-order valence-electron chi connectivity index (χ2n) is 7.00. The number of nitro benzene ring substituents is 1. The number of rotatable bonds is 5. The van der Waals surface area contributed by atoms with Crippen LogP contribution in [0.2, 0.25) is 5.02 Å². The Morgan fingerprint density at radius 2 is 2.00 bits per heavy atom. The van der Waals surface area contributed by atoms with Crippen LogP contribution in [0, 0.1) is 17.0 Å². The van der Waals surface area contributed by atoms with E-state index in [0.29, 0.717) is 40.7 Å². The molecule has 1 aromatic carbocycles.